The highest BCUT2D eigenvalue weighted by atomic mass is 16.3. The number of furan rings is 1. The maximum absolute atomic E-state index is 6.46. The zero-order valence-corrected chi connectivity index (χ0v) is 28.4. The van der Waals surface area contributed by atoms with Crippen LogP contribution in [0.4, 0.5) is 0 Å². The Morgan fingerprint density at radius 3 is 1.89 bits per heavy atom. The molecule has 0 saturated heterocycles. The number of rotatable bonds is 5. The Labute approximate surface area is 303 Å². The van der Waals surface area contributed by atoms with Gasteiger partial charge in [-0.2, -0.15) is 0 Å². The first-order chi connectivity index (χ1) is 26.3. The summed E-state index contributed by atoms with van der Waals surface area (Å²) in [7, 11) is 0. The Morgan fingerprint density at radius 1 is 0.472 bits per heavy atom. The molecule has 6 nitrogen and oxygen atoms in total. The van der Waals surface area contributed by atoms with Crippen molar-refractivity contribution in [2.75, 3.05) is 0 Å². The SMILES string of the molecule is c1ccc(-c2cc(-c3ccccc3)n3nc(-c4ccc(-c5nc6oc7ccccc7c6c6c7ccccc7n(-c7ccccc7)c56)cc4)nc3c2)cc1. The molecule has 248 valence electrons. The van der Waals surface area contributed by atoms with Crippen LogP contribution in [0.2, 0.25) is 0 Å². The third kappa shape index (κ3) is 4.63. The van der Waals surface area contributed by atoms with Crippen LogP contribution in [-0.4, -0.2) is 24.1 Å². The van der Waals surface area contributed by atoms with E-state index in [0.717, 1.165) is 88.7 Å². The van der Waals surface area contributed by atoms with E-state index in [0.29, 0.717) is 11.5 Å². The molecule has 6 heteroatoms. The van der Waals surface area contributed by atoms with Gasteiger partial charge in [0.15, 0.2) is 11.5 Å². The van der Waals surface area contributed by atoms with Gasteiger partial charge in [-0.15, -0.1) is 5.10 Å². The lowest BCUT2D eigenvalue weighted by Crippen LogP contribution is -1.97. The van der Waals surface area contributed by atoms with Gasteiger partial charge in [-0.3, -0.25) is 0 Å². The summed E-state index contributed by atoms with van der Waals surface area (Å²) in [5.41, 5.74) is 12.5. The molecule has 0 fully saturated rings. The van der Waals surface area contributed by atoms with Crippen molar-refractivity contribution in [3.05, 3.63) is 176 Å². The van der Waals surface area contributed by atoms with E-state index < -0.39 is 0 Å². The van der Waals surface area contributed by atoms with Gasteiger partial charge < -0.3 is 8.98 Å². The zero-order valence-electron chi connectivity index (χ0n) is 28.4. The Hall–Kier alpha value is -7.31. The number of fused-ring (bicyclic) bond motifs is 8. The monoisotopic (exact) mass is 679 g/mol. The highest BCUT2D eigenvalue weighted by Gasteiger charge is 2.24. The Morgan fingerprint density at radius 2 is 1.11 bits per heavy atom. The van der Waals surface area contributed by atoms with Crippen LogP contribution in [0.5, 0.6) is 0 Å². The number of aromatic nitrogens is 5. The van der Waals surface area contributed by atoms with Crippen molar-refractivity contribution in [1.29, 1.82) is 0 Å². The Balaban J connectivity index is 1.12. The van der Waals surface area contributed by atoms with E-state index in [1.807, 2.05) is 28.8 Å². The van der Waals surface area contributed by atoms with Crippen LogP contribution in [-0.2, 0) is 0 Å². The lowest BCUT2D eigenvalue weighted by Gasteiger charge is -2.11. The van der Waals surface area contributed by atoms with Crippen molar-refractivity contribution in [3.63, 3.8) is 0 Å². The smallest absolute Gasteiger partial charge is 0.228 e. The summed E-state index contributed by atoms with van der Waals surface area (Å²) >= 11 is 0. The van der Waals surface area contributed by atoms with Crippen LogP contribution in [0, 0.1) is 0 Å². The average molecular weight is 680 g/mol. The van der Waals surface area contributed by atoms with E-state index >= 15 is 0 Å². The quantitative estimate of drug-likeness (QED) is 0.182. The third-order valence-electron chi connectivity index (χ3n) is 10.2. The highest BCUT2D eigenvalue weighted by Crippen LogP contribution is 2.44. The summed E-state index contributed by atoms with van der Waals surface area (Å²) in [4.78, 5) is 10.4. The molecule has 11 aromatic rings. The minimum Gasteiger partial charge on any atom is -0.438 e. The number of nitrogens with zero attached hydrogens (tertiary/aromatic N) is 5. The van der Waals surface area contributed by atoms with Gasteiger partial charge in [-0.1, -0.05) is 140 Å². The van der Waals surface area contributed by atoms with Gasteiger partial charge in [0.2, 0.25) is 5.71 Å². The summed E-state index contributed by atoms with van der Waals surface area (Å²) in [6.45, 7) is 0. The lowest BCUT2D eigenvalue weighted by molar-refractivity contribution is 0.655. The van der Waals surface area contributed by atoms with Gasteiger partial charge >= 0.3 is 0 Å². The second-order valence-corrected chi connectivity index (χ2v) is 13.3. The van der Waals surface area contributed by atoms with Crippen molar-refractivity contribution in [2.45, 2.75) is 0 Å². The van der Waals surface area contributed by atoms with Gasteiger partial charge in [-0.05, 0) is 47.5 Å². The van der Waals surface area contributed by atoms with Crippen molar-refractivity contribution >= 4 is 49.5 Å². The standard InChI is InChI=1S/C47H29N5O/c1-4-14-30(15-5-1)34-28-39(31-16-6-2-7-17-31)52-41(29-34)48-46(50-52)33-26-24-32(25-27-33)44-45-42(43-37-21-11-13-23-40(37)53-47(43)49-44)36-20-10-12-22-38(36)51(45)35-18-8-3-9-19-35/h1-29H. The van der Waals surface area contributed by atoms with E-state index in [1.54, 1.807) is 0 Å². The third-order valence-corrected chi connectivity index (χ3v) is 10.2. The normalized spacial score (nSPS) is 11.8. The van der Waals surface area contributed by atoms with Gasteiger partial charge in [0.25, 0.3) is 0 Å². The van der Waals surface area contributed by atoms with Crippen LogP contribution < -0.4 is 0 Å². The van der Waals surface area contributed by atoms with E-state index in [1.165, 1.54) is 0 Å². The molecule has 0 bridgehead atoms. The first-order valence-corrected chi connectivity index (χ1v) is 17.7. The largest absolute Gasteiger partial charge is 0.438 e. The second-order valence-electron chi connectivity index (χ2n) is 13.3. The molecule has 0 amide bonds. The summed E-state index contributed by atoms with van der Waals surface area (Å²) < 4.78 is 10.7. The van der Waals surface area contributed by atoms with Gasteiger partial charge in [0.05, 0.1) is 27.8 Å². The fourth-order valence-electron chi connectivity index (χ4n) is 7.77. The molecule has 53 heavy (non-hydrogen) atoms. The van der Waals surface area contributed by atoms with E-state index in [4.69, 9.17) is 19.5 Å². The lowest BCUT2D eigenvalue weighted by atomic mass is 10.0. The number of benzene rings is 6. The van der Waals surface area contributed by atoms with Crippen molar-refractivity contribution in [1.82, 2.24) is 24.1 Å². The zero-order chi connectivity index (χ0) is 34.9. The first kappa shape index (κ1) is 29.4. The van der Waals surface area contributed by atoms with Gasteiger partial charge in [0.1, 0.15) is 5.58 Å². The fraction of sp³-hybridized carbons (Fsp3) is 0. The van der Waals surface area contributed by atoms with Crippen LogP contribution in [0.1, 0.15) is 0 Å². The molecule has 0 aliphatic carbocycles. The highest BCUT2D eigenvalue weighted by molar-refractivity contribution is 6.28. The number of hydrogen-bond donors (Lipinski definition) is 0. The van der Waals surface area contributed by atoms with Crippen LogP contribution >= 0.6 is 0 Å². The summed E-state index contributed by atoms with van der Waals surface area (Å²) in [6.07, 6.45) is 0. The molecule has 0 aliphatic rings. The maximum Gasteiger partial charge on any atom is 0.228 e. The summed E-state index contributed by atoms with van der Waals surface area (Å²) in [5.74, 6) is 0.656. The Bertz CT molecular complexity index is 3140. The summed E-state index contributed by atoms with van der Waals surface area (Å²) in [5, 5.41) is 9.43. The number of pyridine rings is 2. The molecule has 0 unspecified atom stereocenters. The second kappa shape index (κ2) is 11.6. The van der Waals surface area contributed by atoms with E-state index in [9.17, 15) is 0 Å². The molecular formula is C47H29N5O. The molecule has 6 aromatic carbocycles. The maximum atomic E-state index is 6.46. The fourth-order valence-corrected chi connectivity index (χ4v) is 7.77. The molecule has 11 rings (SSSR count). The predicted octanol–water partition coefficient (Wildman–Crippen LogP) is 11.8. The minimum atomic E-state index is 0.624. The molecule has 0 spiro atoms. The molecule has 0 saturated carbocycles. The molecule has 5 aromatic heterocycles. The Kier molecular flexibility index (Phi) is 6.45. The molecule has 0 radical (unpaired) electrons. The van der Waals surface area contributed by atoms with Gasteiger partial charge in [-0.25, -0.2) is 14.5 Å². The van der Waals surface area contributed by atoms with E-state index in [-0.39, 0.29) is 0 Å². The predicted molar refractivity (Wildman–Crippen MR) is 214 cm³/mol. The molecule has 0 N–H and O–H groups in total. The van der Waals surface area contributed by atoms with Crippen LogP contribution in [0.25, 0.3) is 100 Å². The van der Waals surface area contributed by atoms with Crippen LogP contribution in [0.15, 0.2) is 180 Å². The molecule has 0 atom stereocenters. The first-order valence-electron chi connectivity index (χ1n) is 17.7. The average Bonchev–Trinajstić information content (AvgIpc) is 3.93. The number of para-hydroxylation sites is 3. The topological polar surface area (TPSA) is 61.1 Å². The van der Waals surface area contributed by atoms with Crippen molar-refractivity contribution in [3.8, 4) is 50.7 Å². The minimum absolute atomic E-state index is 0.624. The van der Waals surface area contributed by atoms with Crippen molar-refractivity contribution < 1.29 is 4.42 Å². The van der Waals surface area contributed by atoms with Crippen molar-refractivity contribution in [2.24, 2.45) is 0 Å². The summed E-state index contributed by atoms with van der Waals surface area (Å²) in [6, 6.07) is 60.8. The number of hydrogen-bond acceptors (Lipinski definition) is 4. The van der Waals surface area contributed by atoms with Gasteiger partial charge in [0, 0.05) is 38.5 Å². The van der Waals surface area contributed by atoms with Crippen LogP contribution in [0.3, 0.4) is 0 Å². The molecular weight excluding hydrogens is 651 g/mol. The molecule has 5 heterocycles. The van der Waals surface area contributed by atoms with E-state index in [2.05, 4.69) is 156 Å². The molecule has 0 aliphatic heterocycles.